The lowest BCUT2D eigenvalue weighted by Crippen LogP contribution is -2.14. The second-order valence-corrected chi connectivity index (χ2v) is 5.83. The number of ether oxygens (including phenoxy) is 2. The van der Waals surface area contributed by atoms with Crippen LogP contribution in [0.25, 0.3) is 0 Å². The zero-order valence-corrected chi connectivity index (χ0v) is 13.1. The predicted octanol–water partition coefficient (Wildman–Crippen LogP) is 2.69. The molecule has 2 rings (SSSR count). The lowest BCUT2D eigenvalue weighted by atomic mass is 10.3. The van der Waals surface area contributed by atoms with Crippen molar-refractivity contribution in [1.29, 1.82) is 0 Å². The molecule has 0 amide bonds. The molecule has 2 aromatic rings. The maximum atomic E-state index is 11.3. The summed E-state index contributed by atoms with van der Waals surface area (Å²) in [6.07, 6.45) is 0. The third kappa shape index (κ3) is 4.64. The number of H-pyrrole nitrogens is 1. The van der Waals surface area contributed by atoms with Crippen molar-refractivity contribution in [3.63, 3.8) is 0 Å². The number of aromatic amines is 1. The average Bonchev–Trinajstić information content (AvgIpc) is 2.93. The number of nitrogens with one attached hydrogen (secondary N) is 1. The van der Waals surface area contributed by atoms with Gasteiger partial charge < -0.3 is 9.47 Å². The van der Waals surface area contributed by atoms with Crippen LogP contribution in [0.1, 0.15) is 12.7 Å². The maximum absolute atomic E-state index is 11.3. The molecule has 1 atom stereocenters. The molecule has 1 aromatic heterocycles. The lowest BCUT2D eigenvalue weighted by Gasteiger charge is -2.05. The van der Waals surface area contributed by atoms with Gasteiger partial charge in [0.25, 0.3) is 0 Å². The highest BCUT2D eigenvalue weighted by atomic mass is 35.5. The molecule has 0 aliphatic carbocycles. The van der Waals surface area contributed by atoms with E-state index in [-0.39, 0.29) is 17.8 Å². The van der Waals surface area contributed by atoms with Gasteiger partial charge in [0, 0.05) is 5.02 Å². The molecule has 0 aliphatic rings. The molecular weight excluding hydrogens is 314 g/mol. The van der Waals surface area contributed by atoms with Gasteiger partial charge in [-0.05, 0) is 31.2 Å². The number of halogens is 1. The van der Waals surface area contributed by atoms with Crippen LogP contribution < -0.4 is 4.74 Å². The van der Waals surface area contributed by atoms with Crippen molar-refractivity contribution < 1.29 is 14.3 Å². The Morgan fingerprint density at radius 3 is 2.81 bits per heavy atom. The van der Waals surface area contributed by atoms with E-state index < -0.39 is 0 Å². The van der Waals surface area contributed by atoms with Crippen LogP contribution in [-0.4, -0.2) is 33.5 Å². The van der Waals surface area contributed by atoms with E-state index in [4.69, 9.17) is 16.3 Å². The number of hydrogen-bond acceptors (Lipinski definition) is 6. The summed E-state index contributed by atoms with van der Waals surface area (Å²) in [6.45, 7) is 1.98. The Bertz CT molecular complexity index is 603. The SMILES string of the molecule is COC(=O)C(C)Sc1n[nH]c(COc2ccc(Cl)cc2)n1. The summed E-state index contributed by atoms with van der Waals surface area (Å²) in [5, 5.41) is 7.54. The monoisotopic (exact) mass is 327 g/mol. The van der Waals surface area contributed by atoms with Crippen LogP contribution in [-0.2, 0) is 16.1 Å². The first-order valence-electron chi connectivity index (χ1n) is 6.12. The smallest absolute Gasteiger partial charge is 0.318 e. The summed E-state index contributed by atoms with van der Waals surface area (Å²) >= 11 is 7.01. The van der Waals surface area contributed by atoms with Gasteiger partial charge in [-0.2, -0.15) is 0 Å². The normalized spacial score (nSPS) is 12.0. The molecule has 21 heavy (non-hydrogen) atoms. The summed E-state index contributed by atoms with van der Waals surface area (Å²) in [4.78, 5) is 15.6. The molecule has 0 saturated heterocycles. The van der Waals surface area contributed by atoms with E-state index in [0.717, 1.165) is 0 Å². The molecule has 0 radical (unpaired) electrons. The molecule has 1 heterocycles. The van der Waals surface area contributed by atoms with E-state index in [0.29, 0.717) is 21.8 Å². The van der Waals surface area contributed by atoms with E-state index in [2.05, 4.69) is 19.9 Å². The minimum absolute atomic E-state index is 0.252. The number of hydrogen-bond donors (Lipinski definition) is 1. The van der Waals surface area contributed by atoms with Crippen molar-refractivity contribution in [2.45, 2.75) is 23.9 Å². The summed E-state index contributed by atoms with van der Waals surface area (Å²) < 4.78 is 10.2. The molecule has 0 spiro atoms. The van der Waals surface area contributed by atoms with Crippen molar-refractivity contribution in [3.05, 3.63) is 35.1 Å². The summed E-state index contributed by atoms with van der Waals surface area (Å²) in [5.41, 5.74) is 0. The van der Waals surface area contributed by atoms with Crippen LogP contribution in [0.3, 0.4) is 0 Å². The highest BCUT2D eigenvalue weighted by Gasteiger charge is 2.17. The van der Waals surface area contributed by atoms with Crippen molar-refractivity contribution in [1.82, 2.24) is 15.2 Å². The van der Waals surface area contributed by atoms with Gasteiger partial charge in [0.2, 0.25) is 5.16 Å². The van der Waals surface area contributed by atoms with Crippen LogP contribution in [0, 0.1) is 0 Å². The molecule has 0 saturated carbocycles. The molecular formula is C13H14ClN3O3S. The van der Waals surface area contributed by atoms with Gasteiger partial charge >= 0.3 is 5.97 Å². The Balaban J connectivity index is 1.88. The van der Waals surface area contributed by atoms with Crippen LogP contribution in [0.5, 0.6) is 5.75 Å². The highest BCUT2D eigenvalue weighted by Crippen LogP contribution is 2.20. The van der Waals surface area contributed by atoms with Gasteiger partial charge in [-0.1, -0.05) is 23.4 Å². The molecule has 0 fully saturated rings. The van der Waals surface area contributed by atoms with Gasteiger partial charge in [0.1, 0.15) is 17.6 Å². The maximum Gasteiger partial charge on any atom is 0.318 e. The highest BCUT2D eigenvalue weighted by molar-refractivity contribution is 8.00. The number of aromatic nitrogens is 3. The quantitative estimate of drug-likeness (QED) is 0.649. The zero-order valence-electron chi connectivity index (χ0n) is 11.5. The largest absolute Gasteiger partial charge is 0.486 e. The fourth-order valence-corrected chi connectivity index (χ4v) is 2.35. The van der Waals surface area contributed by atoms with Gasteiger partial charge in [-0.25, -0.2) is 4.98 Å². The first kappa shape index (κ1) is 15.7. The fraction of sp³-hybridized carbons (Fsp3) is 0.308. The van der Waals surface area contributed by atoms with Crippen molar-refractivity contribution >= 4 is 29.3 Å². The first-order chi connectivity index (χ1) is 10.1. The van der Waals surface area contributed by atoms with E-state index in [9.17, 15) is 4.79 Å². The fourth-order valence-electron chi connectivity index (χ4n) is 1.45. The first-order valence-corrected chi connectivity index (χ1v) is 7.38. The number of carbonyl (C=O) groups is 1. The van der Waals surface area contributed by atoms with E-state index >= 15 is 0 Å². The van der Waals surface area contributed by atoms with E-state index in [1.54, 1.807) is 31.2 Å². The molecule has 112 valence electrons. The van der Waals surface area contributed by atoms with Crippen LogP contribution in [0.2, 0.25) is 5.02 Å². The molecule has 1 unspecified atom stereocenters. The molecule has 6 nitrogen and oxygen atoms in total. The van der Waals surface area contributed by atoms with Gasteiger partial charge in [0.05, 0.1) is 7.11 Å². The molecule has 1 N–H and O–H groups in total. The van der Waals surface area contributed by atoms with E-state index in [1.165, 1.54) is 18.9 Å². The Morgan fingerprint density at radius 1 is 1.43 bits per heavy atom. The average molecular weight is 328 g/mol. The number of rotatable bonds is 6. The number of carbonyl (C=O) groups excluding carboxylic acids is 1. The second-order valence-electron chi connectivity index (χ2n) is 4.09. The van der Waals surface area contributed by atoms with Crippen LogP contribution in [0.4, 0.5) is 0 Å². The Hall–Kier alpha value is -1.73. The predicted molar refractivity (Wildman–Crippen MR) is 79.5 cm³/mol. The van der Waals surface area contributed by atoms with Crippen LogP contribution >= 0.6 is 23.4 Å². The number of methoxy groups -OCH3 is 1. The second kappa shape index (κ2) is 7.33. The topological polar surface area (TPSA) is 77.1 Å². The third-order valence-corrected chi connectivity index (χ3v) is 3.71. The minimum Gasteiger partial charge on any atom is -0.486 e. The third-order valence-electron chi connectivity index (χ3n) is 2.52. The molecule has 1 aromatic carbocycles. The van der Waals surface area contributed by atoms with Crippen LogP contribution in [0.15, 0.2) is 29.4 Å². The molecule has 0 aliphatic heterocycles. The Labute approximate surface area is 131 Å². The number of benzene rings is 1. The van der Waals surface area contributed by atoms with Crippen molar-refractivity contribution in [3.8, 4) is 5.75 Å². The number of esters is 1. The van der Waals surface area contributed by atoms with Gasteiger partial charge in [-0.3, -0.25) is 9.89 Å². The molecule has 8 heteroatoms. The number of thioether (sulfide) groups is 1. The minimum atomic E-state index is -0.365. The van der Waals surface area contributed by atoms with Gasteiger partial charge in [0.15, 0.2) is 5.82 Å². The summed E-state index contributed by atoms with van der Waals surface area (Å²) in [5.74, 6) is 0.946. The summed E-state index contributed by atoms with van der Waals surface area (Å²) in [7, 11) is 1.35. The van der Waals surface area contributed by atoms with Gasteiger partial charge in [-0.15, -0.1) is 5.10 Å². The number of nitrogens with zero attached hydrogens (tertiary/aromatic N) is 2. The lowest BCUT2D eigenvalue weighted by molar-refractivity contribution is -0.139. The Morgan fingerprint density at radius 2 is 2.14 bits per heavy atom. The zero-order chi connectivity index (χ0) is 15.2. The Kier molecular flexibility index (Phi) is 5.46. The van der Waals surface area contributed by atoms with Crippen molar-refractivity contribution in [2.24, 2.45) is 0 Å². The standard InChI is InChI=1S/C13H14ClN3O3S/c1-8(12(18)19-2)21-13-15-11(16-17-13)7-20-10-5-3-9(14)4-6-10/h3-6,8H,7H2,1-2H3,(H,15,16,17). The van der Waals surface area contributed by atoms with E-state index in [1.807, 2.05) is 0 Å². The molecule has 0 bridgehead atoms. The summed E-state index contributed by atoms with van der Waals surface area (Å²) in [6, 6.07) is 7.04. The van der Waals surface area contributed by atoms with Crippen molar-refractivity contribution in [2.75, 3.05) is 7.11 Å².